The van der Waals surface area contributed by atoms with E-state index in [0.717, 1.165) is 5.69 Å². The van der Waals surface area contributed by atoms with Gasteiger partial charge in [-0.3, -0.25) is 4.72 Å². The van der Waals surface area contributed by atoms with Crippen LogP contribution >= 0.6 is 0 Å². The minimum Gasteiger partial charge on any atom is -0.396 e. The van der Waals surface area contributed by atoms with E-state index in [1.165, 1.54) is 0 Å². The maximum atomic E-state index is 11.6. The Labute approximate surface area is 95.6 Å². The predicted molar refractivity (Wildman–Crippen MR) is 62.7 cm³/mol. The van der Waals surface area contributed by atoms with Crippen LogP contribution in [0.2, 0.25) is 0 Å². The van der Waals surface area contributed by atoms with Crippen molar-refractivity contribution in [1.29, 1.82) is 0 Å². The minimum atomic E-state index is -3.35. The summed E-state index contributed by atoms with van der Waals surface area (Å²) < 4.78 is 25.5. The molecule has 0 bridgehead atoms. The van der Waals surface area contributed by atoms with Gasteiger partial charge in [-0.1, -0.05) is 6.07 Å². The van der Waals surface area contributed by atoms with Crippen LogP contribution in [-0.4, -0.2) is 30.9 Å². The average Bonchev–Trinajstić information content (AvgIpc) is 2.17. The lowest BCUT2D eigenvalue weighted by Crippen LogP contribution is -2.17. The summed E-state index contributed by atoms with van der Waals surface area (Å²) in [4.78, 5) is 4.05. The van der Waals surface area contributed by atoms with Crippen molar-refractivity contribution >= 4 is 15.8 Å². The molecular weight excluding hydrogens is 228 g/mol. The Bertz CT molecular complexity index is 431. The maximum absolute atomic E-state index is 11.6. The smallest absolute Gasteiger partial charge is 0.233 e. The first-order chi connectivity index (χ1) is 7.53. The van der Waals surface area contributed by atoms with E-state index in [1.807, 2.05) is 0 Å². The number of aliphatic hydroxyl groups is 1. The molecule has 5 nitrogen and oxygen atoms in total. The van der Waals surface area contributed by atoms with E-state index in [2.05, 4.69) is 9.71 Å². The van der Waals surface area contributed by atoms with E-state index in [1.54, 1.807) is 25.1 Å². The number of aliphatic hydroxyl groups excluding tert-OH is 1. The molecule has 16 heavy (non-hydrogen) atoms. The lowest BCUT2D eigenvalue weighted by atomic mass is 10.4. The number of nitrogens with one attached hydrogen (secondary N) is 1. The molecule has 0 aliphatic carbocycles. The fourth-order valence-electron chi connectivity index (χ4n) is 1.21. The Balaban J connectivity index is 2.59. The van der Waals surface area contributed by atoms with Crippen molar-refractivity contribution in [2.45, 2.75) is 19.8 Å². The molecule has 0 fully saturated rings. The molecule has 0 saturated heterocycles. The third kappa shape index (κ3) is 4.59. The second-order valence-corrected chi connectivity index (χ2v) is 5.36. The third-order valence-electron chi connectivity index (χ3n) is 1.97. The van der Waals surface area contributed by atoms with E-state index < -0.39 is 10.0 Å². The van der Waals surface area contributed by atoms with Crippen molar-refractivity contribution in [3.05, 3.63) is 23.9 Å². The molecule has 1 aromatic heterocycles. The van der Waals surface area contributed by atoms with Crippen LogP contribution < -0.4 is 4.72 Å². The second-order valence-electron chi connectivity index (χ2n) is 3.52. The zero-order valence-electron chi connectivity index (χ0n) is 9.18. The van der Waals surface area contributed by atoms with E-state index >= 15 is 0 Å². The van der Waals surface area contributed by atoms with Crippen molar-refractivity contribution in [2.24, 2.45) is 0 Å². The number of sulfonamides is 1. The number of pyridine rings is 1. The summed E-state index contributed by atoms with van der Waals surface area (Å²) in [6, 6.07) is 5.15. The molecule has 0 amide bonds. The predicted octanol–water partition coefficient (Wildman–Crippen LogP) is 0.904. The van der Waals surface area contributed by atoms with E-state index in [-0.39, 0.29) is 12.4 Å². The number of anilines is 1. The number of rotatable bonds is 6. The van der Waals surface area contributed by atoms with Crippen LogP contribution in [0.3, 0.4) is 0 Å². The van der Waals surface area contributed by atoms with Crippen molar-refractivity contribution in [3.63, 3.8) is 0 Å². The molecule has 0 atom stereocenters. The zero-order chi connectivity index (χ0) is 12.0. The lowest BCUT2D eigenvalue weighted by molar-refractivity contribution is 0.287. The first kappa shape index (κ1) is 12.9. The van der Waals surface area contributed by atoms with Gasteiger partial charge in [-0.25, -0.2) is 13.4 Å². The highest BCUT2D eigenvalue weighted by molar-refractivity contribution is 7.92. The third-order valence-corrected chi connectivity index (χ3v) is 3.32. The molecule has 1 rings (SSSR count). The first-order valence-electron chi connectivity index (χ1n) is 5.08. The van der Waals surface area contributed by atoms with Gasteiger partial charge in [0.1, 0.15) is 5.82 Å². The summed E-state index contributed by atoms with van der Waals surface area (Å²) in [5.41, 5.74) is 0.760. The number of unbranched alkanes of at least 4 members (excludes halogenated alkanes) is 1. The molecule has 2 N–H and O–H groups in total. The van der Waals surface area contributed by atoms with Gasteiger partial charge in [0.2, 0.25) is 10.0 Å². The molecule has 0 spiro atoms. The minimum absolute atomic E-state index is 0.00316. The summed E-state index contributed by atoms with van der Waals surface area (Å²) in [7, 11) is -3.35. The molecule has 6 heteroatoms. The van der Waals surface area contributed by atoms with Gasteiger partial charge in [0, 0.05) is 12.3 Å². The van der Waals surface area contributed by atoms with Crippen molar-refractivity contribution in [2.75, 3.05) is 17.1 Å². The molecule has 0 saturated carbocycles. The average molecular weight is 244 g/mol. The second kappa shape index (κ2) is 5.81. The Morgan fingerprint density at radius 3 is 2.75 bits per heavy atom. The van der Waals surface area contributed by atoms with E-state index in [9.17, 15) is 8.42 Å². The Hall–Kier alpha value is -1.14. The summed E-state index contributed by atoms with van der Waals surface area (Å²) >= 11 is 0. The van der Waals surface area contributed by atoms with Crippen molar-refractivity contribution in [1.82, 2.24) is 4.98 Å². The summed E-state index contributed by atoms with van der Waals surface area (Å²) in [5.74, 6) is 0.340. The van der Waals surface area contributed by atoms with Gasteiger partial charge in [0.15, 0.2) is 0 Å². The van der Waals surface area contributed by atoms with Crippen LogP contribution in [0.5, 0.6) is 0 Å². The highest BCUT2D eigenvalue weighted by atomic mass is 32.2. The normalized spacial score (nSPS) is 11.4. The summed E-state index contributed by atoms with van der Waals surface area (Å²) in [6.45, 7) is 1.81. The number of hydrogen-bond donors (Lipinski definition) is 2. The van der Waals surface area contributed by atoms with Gasteiger partial charge < -0.3 is 5.11 Å². The number of nitrogens with zero attached hydrogens (tertiary/aromatic N) is 1. The number of hydrogen-bond acceptors (Lipinski definition) is 4. The molecule has 0 unspecified atom stereocenters. The highest BCUT2D eigenvalue weighted by Crippen LogP contribution is 2.07. The molecule has 1 heterocycles. The van der Waals surface area contributed by atoms with Crippen LogP contribution in [0.15, 0.2) is 18.2 Å². The Morgan fingerprint density at radius 2 is 2.12 bits per heavy atom. The van der Waals surface area contributed by atoms with Crippen LogP contribution in [0.4, 0.5) is 5.82 Å². The fourth-order valence-corrected chi connectivity index (χ4v) is 2.33. The monoisotopic (exact) mass is 244 g/mol. The van der Waals surface area contributed by atoms with Gasteiger partial charge in [0.05, 0.1) is 5.75 Å². The molecular formula is C10H16N2O3S. The molecule has 1 aromatic rings. The standard InChI is InChI=1S/C10H16N2O3S/c1-9-5-4-6-10(11-9)12-16(14,15)8-3-2-7-13/h4-6,13H,2-3,7-8H2,1H3,(H,11,12). The van der Waals surface area contributed by atoms with Crippen LogP contribution in [0.25, 0.3) is 0 Å². The van der Waals surface area contributed by atoms with Gasteiger partial charge in [0.25, 0.3) is 0 Å². The zero-order valence-corrected chi connectivity index (χ0v) is 10.00. The first-order valence-corrected chi connectivity index (χ1v) is 6.74. The van der Waals surface area contributed by atoms with Gasteiger partial charge >= 0.3 is 0 Å². The Morgan fingerprint density at radius 1 is 1.38 bits per heavy atom. The summed E-state index contributed by atoms with van der Waals surface area (Å²) in [5, 5.41) is 8.56. The maximum Gasteiger partial charge on any atom is 0.233 e. The number of aryl methyl sites for hydroxylation is 1. The van der Waals surface area contributed by atoms with Crippen molar-refractivity contribution in [3.8, 4) is 0 Å². The van der Waals surface area contributed by atoms with E-state index in [4.69, 9.17) is 5.11 Å². The summed E-state index contributed by atoms with van der Waals surface area (Å²) in [6.07, 6.45) is 0.930. The highest BCUT2D eigenvalue weighted by Gasteiger charge is 2.10. The Kier molecular flexibility index (Phi) is 4.70. The largest absolute Gasteiger partial charge is 0.396 e. The quantitative estimate of drug-likeness (QED) is 0.729. The molecule has 0 radical (unpaired) electrons. The molecule has 90 valence electrons. The van der Waals surface area contributed by atoms with Gasteiger partial charge in [-0.2, -0.15) is 0 Å². The van der Waals surface area contributed by atoms with Crippen LogP contribution in [0.1, 0.15) is 18.5 Å². The van der Waals surface area contributed by atoms with Crippen molar-refractivity contribution < 1.29 is 13.5 Å². The van der Waals surface area contributed by atoms with Gasteiger partial charge in [-0.15, -0.1) is 0 Å². The van der Waals surface area contributed by atoms with Crippen LogP contribution in [-0.2, 0) is 10.0 Å². The SMILES string of the molecule is Cc1cccc(NS(=O)(=O)CCCCO)n1. The number of aromatic nitrogens is 1. The molecule has 0 aliphatic heterocycles. The van der Waals surface area contributed by atoms with Crippen LogP contribution in [0, 0.1) is 6.92 Å². The van der Waals surface area contributed by atoms with E-state index in [0.29, 0.717) is 18.7 Å². The fraction of sp³-hybridized carbons (Fsp3) is 0.500. The topological polar surface area (TPSA) is 79.3 Å². The lowest BCUT2D eigenvalue weighted by Gasteiger charge is -2.06. The molecule has 0 aromatic carbocycles. The van der Waals surface area contributed by atoms with Gasteiger partial charge in [-0.05, 0) is 31.9 Å². The molecule has 0 aliphatic rings.